The molecule has 4 unspecified atom stereocenters. The second kappa shape index (κ2) is 31.5. The molecule has 14 heterocycles. The highest BCUT2D eigenvalue weighted by Gasteiger charge is 2.29. The molecule has 12 aromatic rings. The van der Waals surface area contributed by atoms with Gasteiger partial charge in [-0.05, 0) is 98.1 Å². The summed E-state index contributed by atoms with van der Waals surface area (Å²) in [4.78, 5) is 50.8. The second-order valence-corrected chi connectivity index (χ2v) is 34.9. The van der Waals surface area contributed by atoms with E-state index in [1.807, 2.05) is 95.0 Å². The molecule has 0 saturated carbocycles. The van der Waals surface area contributed by atoms with Gasteiger partial charge in [-0.3, -0.25) is 18.8 Å². The molecule has 4 aliphatic rings. The van der Waals surface area contributed by atoms with Crippen molar-refractivity contribution in [3.05, 3.63) is 217 Å². The fourth-order valence-electron chi connectivity index (χ4n) is 10.9. The second-order valence-electron chi connectivity index (χ2n) is 34.9. The third-order valence-electron chi connectivity index (χ3n) is 17.9. The number of allylic oxidation sites excluding steroid dienone is 4. The van der Waals surface area contributed by atoms with Crippen LogP contribution in [0.3, 0.4) is 0 Å². The van der Waals surface area contributed by atoms with Gasteiger partial charge in [0.05, 0.1) is 35.4 Å². The topological polar surface area (TPSA) is 232 Å². The molecule has 0 N–H and O–H groups in total. The van der Waals surface area contributed by atoms with E-state index in [0.717, 1.165) is 58.3 Å². The molecule has 22 nitrogen and oxygen atoms in total. The zero-order valence-electron chi connectivity index (χ0n) is 65.9. The summed E-state index contributed by atoms with van der Waals surface area (Å²) in [6.07, 6.45) is 51.3. The zero-order valence-corrected chi connectivity index (χ0v) is 65.9. The molecule has 548 valence electrons. The van der Waals surface area contributed by atoms with Crippen LogP contribution < -0.4 is 0 Å². The van der Waals surface area contributed by atoms with E-state index in [1.54, 1.807) is 42.8 Å². The Morgan fingerprint density at radius 3 is 1.50 bits per heavy atom. The summed E-state index contributed by atoms with van der Waals surface area (Å²) in [5.41, 5.74) is 12.7. The molecule has 0 spiro atoms. The number of aliphatic imine (C=N–C) groups is 2. The van der Waals surface area contributed by atoms with Crippen molar-refractivity contribution in [3.8, 4) is 0 Å². The lowest BCUT2D eigenvalue weighted by atomic mass is 9.80. The van der Waals surface area contributed by atoms with E-state index in [1.165, 1.54) is 34.9 Å². The predicted octanol–water partition coefficient (Wildman–Crippen LogP) is 16.9. The normalized spacial score (nSPS) is 17.1. The van der Waals surface area contributed by atoms with Crippen molar-refractivity contribution in [2.45, 2.75) is 224 Å². The van der Waals surface area contributed by atoms with Crippen LogP contribution in [0.4, 0.5) is 0 Å². The molecular weight excluding hydrogens is 1290 g/mol. The van der Waals surface area contributed by atoms with Gasteiger partial charge in [-0.1, -0.05) is 203 Å². The molecule has 0 fully saturated rings. The van der Waals surface area contributed by atoms with Crippen LogP contribution >= 0.6 is 0 Å². The molecule has 22 heteroatoms. The number of imidazole rings is 4. The van der Waals surface area contributed by atoms with Crippen molar-refractivity contribution in [1.82, 2.24) is 97.1 Å². The minimum atomic E-state index is 0.0632. The highest BCUT2D eigenvalue weighted by Crippen LogP contribution is 2.36. The SMILES string of the molecule is CC(C)(C)C1=CC2CC=NC2C=C1.CC(C)(C)C1=CC2N=CCC2C=C1.CC(C)(C)c1ccc2nccn2n1.CC(C)(C)c1ccn2ccnc2n1.CC(C)(C)c1ccn2ncnc2n1.CC(C)(C)c1cnc2nccn2c1.CC(C)(C)c1cnc2ncnn2c1.CC(C)(C)c1cnn2ccnc2c1. The quantitative estimate of drug-likeness (QED) is 0.137. The fraction of sp³-hybridized carbons (Fsp3) is 0.463. The average Bonchev–Trinajstić information content (AvgIpc) is 1.73. The van der Waals surface area contributed by atoms with Crippen molar-refractivity contribution in [1.29, 1.82) is 0 Å². The number of hydrogen-bond acceptors (Lipinski definition) is 16. The van der Waals surface area contributed by atoms with Crippen LogP contribution in [0, 0.1) is 22.7 Å². The minimum Gasteiger partial charge on any atom is -0.291 e. The van der Waals surface area contributed by atoms with E-state index in [4.69, 9.17) is 0 Å². The number of fused-ring (bicyclic) bond motifs is 8. The molecular formula is C82H110N22. The first kappa shape index (κ1) is 78.0. The predicted molar refractivity (Wildman–Crippen MR) is 420 cm³/mol. The maximum absolute atomic E-state index is 4.47. The van der Waals surface area contributed by atoms with Crippen LogP contribution in [0.15, 0.2) is 194 Å². The van der Waals surface area contributed by atoms with Crippen molar-refractivity contribution in [2.75, 3.05) is 0 Å². The summed E-state index contributed by atoms with van der Waals surface area (Å²) in [5.74, 6) is 4.12. The number of aromatic nitrogens is 20. The Labute approximate surface area is 614 Å². The molecule has 2 aliphatic carbocycles. The van der Waals surface area contributed by atoms with Gasteiger partial charge in [-0.25, -0.2) is 57.9 Å². The molecule has 2 aliphatic heterocycles. The van der Waals surface area contributed by atoms with Gasteiger partial charge in [0.1, 0.15) is 12.7 Å². The molecule has 12 aromatic heterocycles. The minimum absolute atomic E-state index is 0.0632. The van der Waals surface area contributed by atoms with E-state index in [2.05, 4.69) is 308 Å². The van der Waals surface area contributed by atoms with Crippen molar-refractivity contribution < 1.29 is 0 Å². The first-order chi connectivity index (χ1) is 48.6. The van der Waals surface area contributed by atoms with Crippen LogP contribution in [-0.2, 0) is 32.5 Å². The number of rotatable bonds is 0. The average molecular weight is 1400 g/mol. The Bertz CT molecular complexity index is 4350. The third kappa shape index (κ3) is 21.0. The molecule has 4 atom stereocenters. The smallest absolute Gasteiger partial charge is 0.252 e. The summed E-state index contributed by atoms with van der Waals surface area (Å²) in [5, 5.41) is 16.7. The standard InChI is InChI=1S/2C12H17N.4C10H13N3.2C9H12N4/c1-12(2,3)10-4-5-11-9(8-10)6-7-13-11;1-12(2,3)10-5-4-9-6-7-13-11(9)8-10;1-10(2,3)8-4-6-13-7-5-11-9(13)12-8;1-10(2,3)8-6-12-9-11-4-5-13(9)7-8;1-10(2,3)8-6-9-11-4-5-13(9)12-7-8;1-10(2,3)8-4-5-9-11-6-7-13(9)12-8;1-9(2,3)7-4-10-8-11-6-12-13(8)5-7;1-9(2,3)7-4-5-13-8(12-7)10-6-11-13/h2*4-5,7-9,11H,6H2,1-3H3;4*4-7H,1-3H3;2*4-6H,1-3H3. The lowest BCUT2D eigenvalue weighted by Crippen LogP contribution is -2.18. The summed E-state index contributed by atoms with van der Waals surface area (Å²) < 4.78 is 10.8. The van der Waals surface area contributed by atoms with Gasteiger partial charge >= 0.3 is 0 Å². The van der Waals surface area contributed by atoms with Crippen LogP contribution in [-0.4, -0.2) is 122 Å². The van der Waals surface area contributed by atoms with Crippen LogP contribution in [0.25, 0.3) is 34.4 Å². The third-order valence-corrected chi connectivity index (χ3v) is 17.9. The van der Waals surface area contributed by atoms with Crippen LogP contribution in [0.5, 0.6) is 0 Å². The summed E-state index contributed by atoms with van der Waals surface area (Å²) in [6, 6.07) is 11.0. The molecule has 0 saturated heterocycles. The summed E-state index contributed by atoms with van der Waals surface area (Å²) in [7, 11) is 0. The number of hydrogen-bond donors (Lipinski definition) is 0. The molecule has 0 aromatic carbocycles. The molecule has 0 radical (unpaired) electrons. The Morgan fingerprint density at radius 1 is 0.346 bits per heavy atom. The highest BCUT2D eigenvalue weighted by atomic mass is 15.3. The number of nitrogens with zero attached hydrogens (tertiary/aromatic N) is 22. The monoisotopic (exact) mass is 1400 g/mol. The first-order valence-electron chi connectivity index (χ1n) is 36.0. The zero-order chi connectivity index (χ0) is 75.8. The Kier molecular flexibility index (Phi) is 23.6. The van der Waals surface area contributed by atoms with Gasteiger partial charge in [-0.15, -0.1) is 0 Å². The van der Waals surface area contributed by atoms with Gasteiger partial charge in [0.2, 0.25) is 11.6 Å². The van der Waals surface area contributed by atoms with Crippen molar-refractivity contribution in [2.24, 2.45) is 32.7 Å². The van der Waals surface area contributed by atoms with Gasteiger partial charge in [0.25, 0.3) is 11.6 Å². The van der Waals surface area contributed by atoms with E-state index in [9.17, 15) is 0 Å². The summed E-state index contributed by atoms with van der Waals surface area (Å²) >= 11 is 0. The van der Waals surface area contributed by atoms with Gasteiger partial charge in [-0.2, -0.15) is 30.4 Å². The molecule has 16 rings (SSSR count). The lowest BCUT2D eigenvalue weighted by molar-refractivity contribution is 0.497. The van der Waals surface area contributed by atoms with E-state index >= 15 is 0 Å². The fourth-order valence-corrected chi connectivity index (χ4v) is 10.9. The first-order valence-corrected chi connectivity index (χ1v) is 36.0. The van der Waals surface area contributed by atoms with Crippen molar-refractivity contribution >= 4 is 46.8 Å². The van der Waals surface area contributed by atoms with Gasteiger partial charge < -0.3 is 0 Å². The Morgan fingerprint density at radius 2 is 0.865 bits per heavy atom. The van der Waals surface area contributed by atoms with Gasteiger partial charge in [0, 0.05) is 127 Å². The maximum atomic E-state index is 4.47. The van der Waals surface area contributed by atoms with Crippen molar-refractivity contribution in [3.63, 3.8) is 0 Å². The Hall–Kier alpha value is -10.1. The maximum Gasteiger partial charge on any atom is 0.252 e. The Balaban J connectivity index is 0.000000138. The lowest BCUT2D eigenvalue weighted by Gasteiger charge is -2.26. The van der Waals surface area contributed by atoms with Crippen LogP contribution in [0.2, 0.25) is 0 Å². The molecule has 104 heavy (non-hydrogen) atoms. The van der Waals surface area contributed by atoms with Crippen LogP contribution in [0.1, 0.15) is 213 Å². The summed E-state index contributed by atoms with van der Waals surface area (Å²) in [6.45, 7) is 52.3. The van der Waals surface area contributed by atoms with E-state index in [0.29, 0.717) is 35.5 Å². The van der Waals surface area contributed by atoms with E-state index in [-0.39, 0.29) is 43.3 Å². The van der Waals surface area contributed by atoms with Gasteiger partial charge in [0.15, 0.2) is 11.3 Å². The largest absolute Gasteiger partial charge is 0.291 e. The molecule has 0 amide bonds. The molecule has 0 bridgehead atoms. The highest BCUT2D eigenvalue weighted by molar-refractivity contribution is 5.63. The van der Waals surface area contributed by atoms with E-state index < -0.39 is 0 Å².